The summed E-state index contributed by atoms with van der Waals surface area (Å²) in [7, 11) is 0. The van der Waals surface area contributed by atoms with Gasteiger partial charge in [-0.05, 0) is 37.8 Å². The number of nitrogens with zero attached hydrogens (tertiary/aromatic N) is 1. The van der Waals surface area contributed by atoms with Crippen LogP contribution in [0.5, 0.6) is 0 Å². The van der Waals surface area contributed by atoms with Crippen molar-refractivity contribution in [3.8, 4) is 0 Å². The van der Waals surface area contributed by atoms with E-state index in [9.17, 15) is 20.0 Å². The Bertz CT molecular complexity index is 509. The minimum Gasteiger partial charge on any atom is -0.480 e. The molecule has 0 unspecified atom stereocenters. The summed E-state index contributed by atoms with van der Waals surface area (Å²) in [5, 5.41) is 23.0. The number of aryl methyl sites for hydroxylation is 1. The quantitative estimate of drug-likeness (QED) is 0.632. The predicted octanol–water partition coefficient (Wildman–Crippen LogP) is 2.32. The third-order valence-electron chi connectivity index (χ3n) is 3.34. The predicted molar refractivity (Wildman–Crippen MR) is 65.7 cm³/mol. The van der Waals surface area contributed by atoms with E-state index < -0.39 is 16.4 Å². The summed E-state index contributed by atoms with van der Waals surface area (Å²) in [5.41, 5.74) is -0.0829. The van der Waals surface area contributed by atoms with Crippen molar-refractivity contribution in [1.29, 1.82) is 0 Å². The zero-order valence-electron chi connectivity index (χ0n) is 9.97. The Morgan fingerprint density at radius 2 is 2.17 bits per heavy atom. The summed E-state index contributed by atoms with van der Waals surface area (Å²) in [5.74, 6) is -0.955. The van der Waals surface area contributed by atoms with Gasteiger partial charge in [0, 0.05) is 6.07 Å². The summed E-state index contributed by atoms with van der Waals surface area (Å²) < 4.78 is 0. The smallest absolute Gasteiger partial charge is 0.329 e. The van der Waals surface area contributed by atoms with E-state index in [1.807, 2.05) is 0 Å². The standard InChI is InChI=1S/C12H14N2O4/c1-8-3-4-9(10(7-8)14(17)18)13-12(11(15)16)5-2-6-12/h3-4,7,13H,2,5-6H2,1H3,(H,15,16). The van der Waals surface area contributed by atoms with Gasteiger partial charge in [0.2, 0.25) is 0 Å². The molecule has 0 amide bonds. The normalized spacial score (nSPS) is 16.7. The summed E-state index contributed by atoms with van der Waals surface area (Å²) in [6.45, 7) is 1.76. The summed E-state index contributed by atoms with van der Waals surface area (Å²) in [4.78, 5) is 21.7. The van der Waals surface area contributed by atoms with Gasteiger partial charge in [-0.3, -0.25) is 10.1 Å². The first kappa shape index (κ1) is 12.3. The Labute approximate surface area is 104 Å². The zero-order chi connectivity index (χ0) is 13.3. The van der Waals surface area contributed by atoms with Crippen LogP contribution in [0.4, 0.5) is 11.4 Å². The average Bonchev–Trinajstić information content (AvgIpc) is 2.24. The van der Waals surface area contributed by atoms with E-state index >= 15 is 0 Å². The van der Waals surface area contributed by atoms with Crippen molar-refractivity contribution in [2.75, 3.05) is 5.32 Å². The molecule has 6 nitrogen and oxygen atoms in total. The maximum absolute atomic E-state index is 11.2. The van der Waals surface area contributed by atoms with Crippen molar-refractivity contribution in [3.05, 3.63) is 33.9 Å². The van der Waals surface area contributed by atoms with Gasteiger partial charge in [-0.2, -0.15) is 0 Å². The van der Waals surface area contributed by atoms with Crippen molar-refractivity contribution in [3.63, 3.8) is 0 Å². The van der Waals surface area contributed by atoms with Crippen LogP contribution in [0.3, 0.4) is 0 Å². The first-order chi connectivity index (χ1) is 8.44. The molecule has 18 heavy (non-hydrogen) atoms. The van der Waals surface area contributed by atoms with Gasteiger partial charge in [-0.25, -0.2) is 4.79 Å². The highest BCUT2D eigenvalue weighted by Gasteiger charge is 2.45. The fourth-order valence-electron chi connectivity index (χ4n) is 2.08. The monoisotopic (exact) mass is 250 g/mol. The lowest BCUT2D eigenvalue weighted by Crippen LogP contribution is -2.52. The molecule has 1 aliphatic rings. The molecular formula is C12H14N2O4. The van der Waals surface area contributed by atoms with E-state index in [-0.39, 0.29) is 11.4 Å². The molecule has 0 heterocycles. The van der Waals surface area contributed by atoms with Crippen LogP contribution in [-0.4, -0.2) is 21.5 Å². The van der Waals surface area contributed by atoms with Gasteiger partial charge < -0.3 is 10.4 Å². The minimum atomic E-state index is -1.04. The SMILES string of the molecule is Cc1ccc(NC2(C(=O)O)CCC2)c([N+](=O)[O-])c1. The Balaban J connectivity index is 2.34. The van der Waals surface area contributed by atoms with Crippen molar-refractivity contribution >= 4 is 17.3 Å². The van der Waals surface area contributed by atoms with Crippen LogP contribution < -0.4 is 5.32 Å². The molecule has 1 aromatic rings. The second-order valence-electron chi connectivity index (χ2n) is 4.64. The third-order valence-corrected chi connectivity index (χ3v) is 3.34. The second kappa shape index (κ2) is 4.29. The Hall–Kier alpha value is -2.11. The van der Waals surface area contributed by atoms with E-state index in [0.717, 1.165) is 12.0 Å². The molecule has 0 spiro atoms. The number of carboxylic acid groups (broad SMARTS) is 1. The van der Waals surface area contributed by atoms with Crippen molar-refractivity contribution < 1.29 is 14.8 Å². The number of nitro benzene ring substituents is 1. The minimum absolute atomic E-state index is 0.0810. The van der Waals surface area contributed by atoms with Crippen LogP contribution in [-0.2, 0) is 4.79 Å². The molecule has 0 saturated heterocycles. The largest absolute Gasteiger partial charge is 0.480 e. The van der Waals surface area contributed by atoms with Gasteiger partial charge in [-0.1, -0.05) is 6.07 Å². The van der Waals surface area contributed by atoms with Gasteiger partial charge in [-0.15, -0.1) is 0 Å². The number of benzene rings is 1. The molecule has 0 radical (unpaired) electrons. The van der Waals surface area contributed by atoms with Crippen LogP contribution in [0.25, 0.3) is 0 Å². The molecule has 2 N–H and O–H groups in total. The topological polar surface area (TPSA) is 92.5 Å². The van der Waals surface area contributed by atoms with Crippen LogP contribution in [0.15, 0.2) is 18.2 Å². The highest BCUT2D eigenvalue weighted by Crippen LogP contribution is 2.38. The molecule has 1 saturated carbocycles. The molecule has 1 fully saturated rings. The fourth-order valence-corrected chi connectivity index (χ4v) is 2.08. The van der Waals surface area contributed by atoms with E-state index in [4.69, 9.17) is 0 Å². The maximum Gasteiger partial charge on any atom is 0.329 e. The average molecular weight is 250 g/mol. The highest BCUT2D eigenvalue weighted by molar-refractivity contribution is 5.85. The highest BCUT2D eigenvalue weighted by atomic mass is 16.6. The van der Waals surface area contributed by atoms with E-state index in [2.05, 4.69) is 5.32 Å². The number of carboxylic acids is 1. The molecule has 96 valence electrons. The number of hydrogen-bond donors (Lipinski definition) is 2. The molecule has 1 aliphatic carbocycles. The number of hydrogen-bond acceptors (Lipinski definition) is 4. The molecule has 6 heteroatoms. The zero-order valence-corrected chi connectivity index (χ0v) is 9.97. The van der Waals surface area contributed by atoms with Gasteiger partial charge in [0.25, 0.3) is 5.69 Å². The van der Waals surface area contributed by atoms with E-state index in [1.165, 1.54) is 6.07 Å². The van der Waals surface area contributed by atoms with Crippen LogP contribution in [0, 0.1) is 17.0 Å². The molecular weight excluding hydrogens is 236 g/mol. The van der Waals surface area contributed by atoms with Gasteiger partial charge >= 0.3 is 5.97 Å². The second-order valence-corrected chi connectivity index (χ2v) is 4.64. The molecule has 0 bridgehead atoms. The molecule has 0 aliphatic heterocycles. The summed E-state index contributed by atoms with van der Waals surface area (Å²) in [6.07, 6.45) is 1.81. The molecule has 0 atom stereocenters. The first-order valence-corrected chi connectivity index (χ1v) is 5.71. The summed E-state index contributed by atoms with van der Waals surface area (Å²) >= 11 is 0. The number of carbonyl (C=O) groups is 1. The van der Waals surface area contributed by atoms with Gasteiger partial charge in [0.1, 0.15) is 11.2 Å². The molecule has 0 aromatic heterocycles. The Morgan fingerprint density at radius 1 is 1.50 bits per heavy atom. The molecule has 2 rings (SSSR count). The van der Waals surface area contributed by atoms with Gasteiger partial charge in [0.05, 0.1) is 4.92 Å². The lowest BCUT2D eigenvalue weighted by molar-refractivity contribution is -0.384. The van der Waals surface area contributed by atoms with Crippen LogP contribution in [0.2, 0.25) is 0 Å². The summed E-state index contributed by atoms with van der Waals surface area (Å²) in [6, 6.07) is 4.73. The number of aliphatic carboxylic acids is 1. The number of rotatable bonds is 4. The maximum atomic E-state index is 11.2. The van der Waals surface area contributed by atoms with Gasteiger partial charge in [0.15, 0.2) is 0 Å². The first-order valence-electron chi connectivity index (χ1n) is 5.71. The Kier molecular flexibility index (Phi) is 2.94. The van der Waals surface area contributed by atoms with Crippen molar-refractivity contribution in [2.24, 2.45) is 0 Å². The number of anilines is 1. The van der Waals surface area contributed by atoms with E-state index in [1.54, 1.807) is 19.1 Å². The molecule has 1 aromatic carbocycles. The fraction of sp³-hybridized carbons (Fsp3) is 0.417. The van der Waals surface area contributed by atoms with Crippen LogP contribution in [0.1, 0.15) is 24.8 Å². The Morgan fingerprint density at radius 3 is 2.61 bits per heavy atom. The van der Waals surface area contributed by atoms with Crippen LogP contribution >= 0.6 is 0 Å². The third kappa shape index (κ3) is 2.01. The number of nitrogens with one attached hydrogen (secondary N) is 1. The number of nitro groups is 1. The van der Waals surface area contributed by atoms with Crippen molar-refractivity contribution in [1.82, 2.24) is 0 Å². The lowest BCUT2D eigenvalue weighted by Gasteiger charge is -2.38. The van der Waals surface area contributed by atoms with Crippen molar-refractivity contribution in [2.45, 2.75) is 31.7 Å². The van der Waals surface area contributed by atoms with E-state index in [0.29, 0.717) is 12.8 Å². The lowest BCUT2D eigenvalue weighted by atomic mass is 9.76.